The number of rotatable bonds is 2. The highest BCUT2D eigenvalue weighted by Gasteiger charge is 2.32. The number of aromatic nitrogens is 6. The molecule has 0 bridgehead atoms. The van der Waals surface area contributed by atoms with E-state index in [-0.39, 0.29) is 6.04 Å². The van der Waals surface area contributed by atoms with E-state index in [4.69, 9.17) is 10.7 Å². The highest BCUT2D eigenvalue weighted by Crippen LogP contribution is 2.38. The highest BCUT2D eigenvalue weighted by molar-refractivity contribution is 5.86. The largest absolute Gasteiger partial charge is 0.383 e. The molecule has 4 rings (SSSR count). The lowest BCUT2D eigenvalue weighted by Crippen LogP contribution is -2.26. The predicted molar refractivity (Wildman–Crippen MR) is 92.7 cm³/mol. The molecule has 3 aromatic heterocycles. The molecule has 4 heterocycles. The first-order chi connectivity index (χ1) is 11.5. The molecule has 0 radical (unpaired) electrons. The molecule has 1 unspecified atom stereocenters. The molecule has 8 nitrogen and oxygen atoms in total. The molecule has 126 valence electrons. The fraction of sp³-hybridized carbons (Fsp3) is 0.500. The van der Waals surface area contributed by atoms with Crippen LogP contribution in [0.3, 0.4) is 0 Å². The third-order valence-corrected chi connectivity index (χ3v) is 5.02. The summed E-state index contributed by atoms with van der Waals surface area (Å²) in [7, 11) is 3.86. The van der Waals surface area contributed by atoms with Crippen LogP contribution in [0.15, 0.2) is 6.20 Å². The Hall–Kier alpha value is -2.64. The molecule has 0 saturated carbocycles. The lowest BCUT2D eigenvalue weighted by Gasteiger charge is -2.25. The first kappa shape index (κ1) is 14.9. The van der Waals surface area contributed by atoms with Gasteiger partial charge in [-0.1, -0.05) is 0 Å². The van der Waals surface area contributed by atoms with Crippen LogP contribution < -0.4 is 10.6 Å². The number of nitrogens with two attached hydrogens (primary N) is 1. The van der Waals surface area contributed by atoms with Gasteiger partial charge in [-0.25, -0.2) is 0 Å². The Labute approximate surface area is 140 Å². The summed E-state index contributed by atoms with van der Waals surface area (Å²) in [5.41, 5.74) is 10.4. The lowest BCUT2D eigenvalue weighted by atomic mass is 10.0. The van der Waals surface area contributed by atoms with Gasteiger partial charge in [0.05, 0.1) is 23.3 Å². The predicted octanol–water partition coefficient (Wildman–Crippen LogP) is 1.64. The van der Waals surface area contributed by atoms with Crippen LogP contribution in [-0.4, -0.2) is 36.1 Å². The highest BCUT2D eigenvalue weighted by atomic mass is 15.3. The minimum Gasteiger partial charge on any atom is -0.383 e. The molecule has 24 heavy (non-hydrogen) atoms. The third kappa shape index (κ3) is 2.05. The van der Waals surface area contributed by atoms with Crippen molar-refractivity contribution in [3.8, 4) is 0 Å². The van der Waals surface area contributed by atoms with Gasteiger partial charge in [-0.15, -0.1) is 0 Å². The van der Waals surface area contributed by atoms with Crippen molar-refractivity contribution in [3.63, 3.8) is 0 Å². The van der Waals surface area contributed by atoms with E-state index in [9.17, 15) is 0 Å². The van der Waals surface area contributed by atoms with Gasteiger partial charge in [-0.3, -0.25) is 9.36 Å². The summed E-state index contributed by atoms with van der Waals surface area (Å²) in [6.45, 7) is 5.10. The number of hydrogen-bond acceptors (Lipinski definition) is 6. The van der Waals surface area contributed by atoms with Crippen LogP contribution in [0.25, 0.3) is 11.0 Å². The molecule has 2 N–H and O–H groups in total. The summed E-state index contributed by atoms with van der Waals surface area (Å²) in [5.74, 6) is 1.15. The van der Waals surface area contributed by atoms with Crippen molar-refractivity contribution in [2.75, 3.05) is 17.2 Å². The lowest BCUT2D eigenvalue weighted by molar-refractivity contribution is 0.686. The van der Waals surface area contributed by atoms with Crippen molar-refractivity contribution in [2.45, 2.75) is 32.7 Å². The molecule has 0 spiro atoms. The van der Waals surface area contributed by atoms with Gasteiger partial charge in [0.1, 0.15) is 5.82 Å². The Balaban J connectivity index is 1.82. The quantitative estimate of drug-likeness (QED) is 0.770. The molecule has 0 aromatic carbocycles. The summed E-state index contributed by atoms with van der Waals surface area (Å²) in [6.07, 6.45) is 3.89. The van der Waals surface area contributed by atoms with Crippen LogP contribution in [0, 0.1) is 13.8 Å². The summed E-state index contributed by atoms with van der Waals surface area (Å²) >= 11 is 0. The number of nitrogens with zero attached hydrogens (tertiary/aromatic N) is 7. The van der Waals surface area contributed by atoms with Crippen molar-refractivity contribution in [2.24, 2.45) is 14.1 Å². The summed E-state index contributed by atoms with van der Waals surface area (Å²) in [4.78, 5) is 11.5. The Kier molecular flexibility index (Phi) is 3.22. The van der Waals surface area contributed by atoms with E-state index >= 15 is 0 Å². The second-order valence-corrected chi connectivity index (χ2v) is 6.47. The van der Waals surface area contributed by atoms with E-state index < -0.39 is 0 Å². The topological polar surface area (TPSA) is 90.7 Å². The van der Waals surface area contributed by atoms with E-state index in [1.54, 1.807) is 10.9 Å². The molecular formula is C16H22N8. The normalized spacial score (nSPS) is 18.0. The van der Waals surface area contributed by atoms with Gasteiger partial charge in [-0.05, 0) is 26.7 Å². The number of hydrogen-bond donors (Lipinski definition) is 1. The average Bonchev–Trinajstić information content (AvgIpc) is 3.20. The van der Waals surface area contributed by atoms with Gasteiger partial charge >= 0.3 is 0 Å². The molecule has 8 heteroatoms. The Morgan fingerprint density at radius 3 is 2.67 bits per heavy atom. The van der Waals surface area contributed by atoms with Crippen LogP contribution in [0.5, 0.6) is 0 Å². The third-order valence-electron chi connectivity index (χ3n) is 5.02. The minimum absolute atomic E-state index is 0.240. The van der Waals surface area contributed by atoms with Crippen molar-refractivity contribution < 1.29 is 0 Å². The Morgan fingerprint density at radius 2 is 1.96 bits per heavy atom. The van der Waals surface area contributed by atoms with Crippen LogP contribution in [0.2, 0.25) is 0 Å². The monoisotopic (exact) mass is 326 g/mol. The SMILES string of the molecule is Cc1nn(C)c(C)c1C1CCCN1c1nc(N)c2cnn(C)c2n1. The first-order valence-corrected chi connectivity index (χ1v) is 8.19. The zero-order chi connectivity index (χ0) is 17.0. The minimum atomic E-state index is 0.240. The molecule has 1 saturated heterocycles. The maximum Gasteiger partial charge on any atom is 0.229 e. The molecule has 1 fully saturated rings. The number of nitrogen functional groups attached to an aromatic ring is 1. The van der Waals surface area contributed by atoms with E-state index in [1.807, 2.05) is 18.8 Å². The van der Waals surface area contributed by atoms with Crippen molar-refractivity contribution in [1.82, 2.24) is 29.5 Å². The summed E-state index contributed by atoms with van der Waals surface area (Å²) in [5, 5.41) is 9.60. The maximum atomic E-state index is 6.14. The smallest absolute Gasteiger partial charge is 0.229 e. The standard InChI is InChI=1S/C16H22N8/c1-9-13(10(2)22(3)21-9)12-6-5-7-24(12)16-19-14(17)11-8-18-23(4)15(11)20-16/h8,12H,5-7H2,1-4H3,(H2,17,19,20). The second-order valence-electron chi connectivity index (χ2n) is 6.47. The van der Waals surface area contributed by atoms with Gasteiger partial charge in [0.25, 0.3) is 0 Å². The summed E-state index contributed by atoms with van der Waals surface area (Å²) in [6, 6.07) is 0.240. The Morgan fingerprint density at radius 1 is 1.17 bits per heavy atom. The first-order valence-electron chi connectivity index (χ1n) is 8.19. The average molecular weight is 326 g/mol. The van der Waals surface area contributed by atoms with Crippen molar-refractivity contribution in [3.05, 3.63) is 23.1 Å². The molecule has 0 amide bonds. The number of fused-ring (bicyclic) bond motifs is 1. The van der Waals surface area contributed by atoms with Crippen molar-refractivity contribution >= 4 is 22.8 Å². The maximum absolute atomic E-state index is 6.14. The zero-order valence-electron chi connectivity index (χ0n) is 14.5. The molecule has 1 aliphatic heterocycles. The van der Waals surface area contributed by atoms with Crippen LogP contribution in [-0.2, 0) is 14.1 Å². The fourth-order valence-corrected chi connectivity index (χ4v) is 3.74. The molecule has 3 aromatic rings. The zero-order valence-corrected chi connectivity index (χ0v) is 14.5. The van der Waals surface area contributed by atoms with E-state index in [0.717, 1.165) is 36.1 Å². The van der Waals surface area contributed by atoms with E-state index in [2.05, 4.69) is 33.9 Å². The number of aryl methyl sites for hydroxylation is 3. The number of anilines is 2. The van der Waals surface area contributed by atoms with E-state index in [1.165, 1.54) is 11.3 Å². The van der Waals surface area contributed by atoms with Crippen LogP contribution in [0.1, 0.15) is 35.8 Å². The van der Waals surface area contributed by atoms with Gasteiger partial charge in [0.2, 0.25) is 5.95 Å². The Bertz CT molecular complexity index is 922. The van der Waals surface area contributed by atoms with Gasteiger partial charge < -0.3 is 10.6 Å². The van der Waals surface area contributed by atoms with Gasteiger partial charge in [-0.2, -0.15) is 20.2 Å². The van der Waals surface area contributed by atoms with Gasteiger partial charge in [0, 0.05) is 31.9 Å². The molecule has 0 aliphatic carbocycles. The molecule has 1 atom stereocenters. The van der Waals surface area contributed by atoms with Crippen LogP contribution >= 0.6 is 0 Å². The molecule has 1 aliphatic rings. The second kappa shape index (κ2) is 5.19. The molecular weight excluding hydrogens is 304 g/mol. The van der Waals surface area contributed by atoms with Crippen LogP contribution in [0.4, 0.5) is 11.8 Å². The van der Waals surface area contributed by atoms with Crippen molar-refractivity contribution in [1.29, 1.82) is 0 Å². The van der Waals surface area contributed by atoms with E-state index in [0.29, 0.717) is 11.8 Å². The summed E-state index contributed by atoms with van der Waals surface area (Å²) < 4.78 is 3.68. The van der Waals surface area contributed by atoms with Gasteiger partial charge in [0.15, 0.2) is 5.65 Å². The fourth-order valence-electron chi connectivity index (χ4n) is 3.74.